The van der Waals surface area contributed by atoms with Crippen LogP contribution in [-0.2, 0) is 10.2 Å². The molecule has 1 saturated heterocycles. The smallest absolute Gasteiger partial charge is 0.277 e. The highest BCUT2D eigenvalue weighted by atomic mass is 32.2. The van der Waals surface area contributed by atoms with Crippen molar-refractivity contribution in [3.8, 4) is 0 Å². The SMILES string of the molecule is Cc1ccc2c(N3CC4(CC(N(C5CC5)S(N)(=O)=O)C4)C3)ncnc2c1. The third kappa shape index (κ3) is 2.59. The third-order valence-corrected chi connectivity index (χ3v) is 7.20. The summed E-state index contributed by atoms with van der Waals surface area (Å²) in [5.41, 5.74) is 2.37. The molecule has 3 aliphatic rings. The van der Waals surface area contributed by atoms with E-state index in [0.29, 0.717) is 0 Å². The standard InChI is InChI=1S/C18H23N5O2S/c1-12-2-5-15-16(6-12)20-11-21-17(15)22-9-18(10-22)7-14(8-18)23(13-3-4-13)26(19,24)25/h2,5-6,11,13-14H,3-4,7-10H2,1H3,(H2,19,24,25). The number of aryl methyl sites for hydroxylation is 1. The van der Waals surface area contributed by atoms with E-state index in [2.05, 4.69) is 40.0 Å². The average Bonchev–Trinajstić information content (AvgIpc) is 3.30. The lowest BCUT2D eigenvalue weighted by Crippen LogP contribution is -2.68. The van der Waals surface area contributed by atoms with Gasteiger partial charge in [0.1, 0.15) is 12.1 Å². The monoisotopic (exact) mass is 373 g/mol. The summed E-state index contributed by atoms with van der Waals surface area (Å²) in [6.45, 7) is 3.91. The topological polar surface area (TPSA) is 92.4 Å². The molecule has 2 N–H and O–H groups in total. The number of nitrogens with zero attached hydrogens (tertiary/aromatic N) is 4. The van der Waals surface area contributed by atoms with E-state index in [1.165, 1.54) is 5.56 Å². The van der Waals surface area contributed by atoms with Gasteiger partial charge in [-0.1, -0.05) is 6.07 Å². The Kier molecular flexibility index (Phi) is 3.39. The van der Waals surface area contributed by atoms with E-state index >= 15 is 0 Å². The zero-order valence-corrected chi connectivity index (χ0v) is 15.6. The first kappa shape index (κ1) is 16.4. The quantitative estimate of drug-likeness (QED) is 0.878. The summed E-state index contributed by atoms with van der Waals surface area (Å²) in [5.74, 6) is 0.981. The molecule has 0 radical (unpaired) electrons. The fourth-order valence-corrected chi connectivity index (χ4v) is 5.93. The molecular formula is C18H23N5O2S. The number of hydrogen-bond acceptors (Lipinski definition) is 5. The summed E-state index contributed by atoms with van der Waals surface area (Å²) >= 11 is 0. The highest BCUT2D eigenvalue weighted by molar-refractivity contribution is 7.86. The fourth-order valence-electron chi connectivity index (χ4n) is 4.74. The van der Waals surface area contributed by atoms with Gasteiger partial charge in [0.25, 0.3) is 10.2 Å². The molecule has 0 bridgehead atoms. The van der Waals surface area contributed by atoms with Crippen LogP contribution in [0, 0.1) is 12.3 Å². The fraction of sp³-hybridized carbons (Fsp3) is 0.556. The molecule has 1 aromatic heterocycles. The van der Waals surface area contributed by atoms with Crippen molar-refractivity contribution in [2.75, 3.05) is 18.0 Å². The van der Waals surface area contributed by atoms with Gasteiger partial charge in [0.05, 0.1) is 5.52 Å². The van der Waals surface area contributed by atoms with Crippen LogP contribution in [0.1, 0.15) is 31.2 Å². The Morgan fingerprint density at radius 3 is 2.58 bits per heavy atom. The molecule has 0 unspecified atom stereocenters. The van der Waals surface area contributed by atoms with Crippen LogP contribution >= 0.6 is 0 Å². The molecule has 1 aromatic carbocycles. The van der Waals surface area contributed by atoms with Crippen molar-refractivity contribution in [1.82, 2.24) is 14.3 Å². The number of rotatable bonds is 4. The largest absolute Gasteiger partial charge is 0.355 e. The molecule has 1 spiro atoms. The van der Waals surface area contributed by atoms with E-state index in [0.717, 1.165) is 55.5 Å². The predicted octanol–water partition coefficient (Wildman–Crippen LogP) is 1.57. The van der Waals surface area contributed by atoms with Gasteiger partial charge in [-0.3, -0.25) is 0 Å². The van der Waals surface area contributed by atoms with Gasteiger partial charge < -0.3 is 4.90 Å². The molecule has 2 aliphatic carbocycles. The van der Waals surface area contributed by atoms with Crippen molar-refractivity contribution in [2.24, 2.45) is 10.6 Å². The van der Waals surface area contributed by atoms with E-state index in [1.54, 1.807) is 10.6 Å². The second-order valence-corrected chi connectivity index (χ2v) is 9.69. The average molecular weight is 373 g/mol. The molecule has 0 amide bonds. The number of anilines is 1. The Labute approximate surface area is 153 Å². The van der Waals surface area contributed by atoms with Crippen LogP contribution in [0.25, 0.3) is 10.9 Å². The normalized spacial score (nSPS) is 22.7. The molecule has 138 valence electrons. The van der Waals surface area contributed by atoms with E-state index < -0.39 is 10.2 Å². The van der Waals surface area contributed by atoms with E-state index in [1.807, 2.05) is 0 Å². The number of aromatic nitrogens is 2. The molecule has 3 fully saturated rings. The summed E-state index contributed by atoms with van der Waals surface area (Å²) in [6, 6.07) is 6.46. The Morgan fingerprint density at radius 2 is 1.92 bits per heavy atom. The highest BCUT2D eigenvalue weighted by Crippen LogP contribution is 2.53. The second kappa shape index (κ2) is 5.37. The number of fused-ring (bicyclic) bond motifs is 1. The van der Waals surface area contributed by atoms with Crippen LogP contribution in [0.4, 0.5) is 5.82 Å². The molecular weight excluding hydrogens is 350 g/mol. The summed E-state index contributed by atoms with van der Waals surface area (Å²) in [5, 5.41) is 6.52. The lowest BCUT2D eigenvalue weighted by Gasteiger charge is -2.61. The van der Waals surface area contributed by atoms with Gasteiger partial charge in [0, 0.05) is 36.0 Å². The second-order valence-electron chi connectivity index (χ2n) is 8.24. The van der Waals surface area contributed by atoms with Crippen LogP contribution in [0.15, 0.2) is 24.5 Å². The minimum atomic E-state index is -3.60. The van der Waals surface area contributed by atoms with Gasteiger partial charge in [-0.2, -0.15) is 12.7 Å². The van der Waals surface area contributed by atoms with Crippen molar-refractivity contribution in [3.05, 3.63) is 30.1 Å². The van der Waals surface area contributed by atoms with Gasteiger partial charge in [-0.25, -0.2) is 15.1 Å². The van der Waals surface area contributed by atoms with Crippen molar-refractivity contribution < 1.29 is 8.42 Å². The van der Waals surface area contributed by atoms with E-state index in [4.69, 9.17) is 5.14 Å². The maximum absolute atomic E-state index is 11.9. The van der Waals surface area contributed by atoms with Gasteiger partial charge in [-0.05, 0) is 50.3 Å². The lowest BCUT2D eigenvalue weighted by molar-refractivity contribution is 0.0110. The molecule has 7 nitrogen and oxygen atoms in total. The van der Waals surface area contributed by atoms with Crippen LogP contribution in [0.3, 0.4) is 0 Å². The maximum atomic E-state index is 11.9. The number of benzene rings is 1. The molecule has 1 aliphatic heterocycles. The maximum Gasteiger partial charge on any atom is 0.277 e. The van der Waals surface area contributed by atoms with Gasteiger partial charge in [-0.15, -0.1) is 0 Å². The van der Waals surface area contributed by atoms with Crippen molar-refractivity contribution >= 4 is 26.9 Å². The van der Waals surface area contributed by atoms with Gasteiger partial charge in [0.15, 0.2) is 0 Å². The Morgan fingerprint density at radius 1 is 1.19 bits per heavy atom. The molecule has 2 saturated carbocycles. The molecule has 26 heavy (non-hydrogen) atoms. The first-order valence-electron chi connectivity index (χ1n) is 9.12. The lowest BCUT2D eigenvalue weighted by atomic mass is 9.60. The first-order valence-corrected chi connectivity index (χ1v) is 10.6. The first-order chi connectivity index (χ1) is 12.3. The predicted molar refractivity (Wildman–Crippen MR) is 99.9 cm³/mol. The molecule has 0 atom stereocenters. The minimum Gasteiger partial charge on any atom is -0.355 e. The van der Waals surface area contributed by atoms with Gasteiger partial charge in [0.2, 0.25) is 0 Å². The Bertz CT molecular complexity index is 974. The van der Waals surface area contributed by atoms with Crippen LogP contribution in [-0.4, -0.2) is 47.9 Å². The van der Waals surface area contributed by atoms with Crippen molar-refractivity contribution in [1.29, 1.82) is 0 Å². The van der Waals surface area contributed by atoms with Crippen LogP contribution in [0.5, 0.6) is 0 Å². The molecule has 2 aromatic rings. The third-order valence-electron chi connectivity index (χ3n) is 6.02. The highest BCUT2D eigenvalue weighted by Gasteiger charge is 2.57. The number of hydrogen-bond donors (Lipinski definition) is 1. The Balaban J connectivity index is 1.30. The molecule has 5 rings (SSSR count). The van der Waals surface area contributed by atoms with Crippen LogP contribution < -0.4 is 10.0 Å². The minimum absolute atomic E-state index is 0.0736. The molecule has 2 heterocycles. The van der Waals surface area contributed by atoms with Crippen LogP contribution in [0.2, 0.25) is 0 Å². The van der Waals surface area contributed by atoms with Gasteiger partial charge >= 0.3 is 0 Å². The van der Waals surface area contributed by atoms with Crippen molar-refractivity contribution in [3.63, 3.8) is 0 Å². The zero-order valence-electron chi connectivity index (χ0n) is 14.8. The number of nitrogens with two attached hydrogens (primary N) is 1. The summed E-state index contributed by atoms with van der Waals surface area (Å²) in [6.07, 6.45) is 5.31. The summed E-state index contributed by atoms with van der Waals surface area (Å²) in [4.78, 5) is 11.2. The zero-order chi connectivity index (χ0) is 18.1. The Hall–Kier alpha value is -1.77. The van der Waals surface area contributed by atoms with E-state index in [-0.39, 0.29) is 17.5 Å². The summed E-state index contributed by atoms with van der Waals surface area (Å²) < 4.78 is 25.4. The summed E-state index contributed by atoms with van der Waals surface area (Å²) in [7, 11) is -3.60. The van der Waals surface area contributed by atoms with E-state index in [9.17, 15) is 8.42 Å². The van der Waals surface area contributed by atoms with Crippen molar-refractivity contribution in [2.45, 2.75) is 44.7 Å². The molecule has 8 heteroatoms.